The minimum absolute atomic E-state index is 0.0456. The van der Waals surface area contributed by atoms with Crippen molar-refractivity contribution < 1.29 is 17.9 Å². The maximum atomic E-state index is 11.7. The first-order chi connectivity index (χ1) is 7.08. The van der Waals surface area contributed by atoms with E-state index in [0.29, 0.717) is 26.3 Å². The van der Waals surface area contributed by atoms with Gasteiger partial charge in [-0.25, -0.2) is 8.42 Å². The van der Waals surface area contributed by atoms with Gasteiger partial charge in [-0.3, -0.25) is 0 Å². The van der Waals surface area contributed by atoms with Crippen molar-refractivity contribution in [3.05, 3.63) is 0 Å². The van der Waals surface area contributed by atoms with Crippen LogP contribution < -0.4 is 0 Å². The summed E-state index contributed by atoms with van der Waals surface area (Å²) >= 11 is 2.99. The van der Waals surface area contributed by atoms with Gasteiger partial charge in [0.05, 0.1) is 19.8 Å². The SMILES string of the molecule is O=S(=O)(CBr)N1CCCC2(C1)OCCO2. The Balaban J connectivity index is 2.10. The third-order valence-electron chi connectivity index (χ3n) is 2.73. The maximum absolute atomic E-state index is 11.7. The van der Waals surface area contributed by atoms with Crippen molar-refractivity contribution in [3.63, 3.8) is 0 Å². The van der Waals surface area contributed by atoms with E-state index < -0.39 is 15.8 Å². The van der Waals surface area contributed by atoms with Crippen molar-refractivity contribution in [3.8, 4) is 0 Å². The van der Waals surface area contributed by atoms with E-state index in [1.807, 2.05) is 0 Å². The lowest BCUT2D eigenvalue weighted by atomic mass is 10.1. The van der Waals surface area contributed by atoms with Gasteiger partial charge in [0.15, 0.2) is 5.79 Å². The predicted molar refractivity (Wildman–Crippen MR) is 58.2 cm³/mol. The van der Waals surface area contributed by atoms with Crippen LogP contribution >= 0.6 is 15.9 Å². The van der Waals surface area contributed by atoms with Gasteiger partial charge in [-0.15, -0.1) is 0 Å². The molecule has 88 valence electrons. The Labute approximate surface area is 97.9 Å². The van der Waals surface area contributed by atoms with E-state index in [4.69, 9.17) is 9.47 Å². The van der Waals surface area contributed by atoms with E-state index in [-0.39, 0.29) is 4.66 Å². The van der Waals surface area contributed by atoms with E-state index in [2.05, 4.69) is 15.9 Å². The Kier molecular flexibility index (Phi) is 3.37. The van der Waals surface area contributed by atoms with Gasteiger partial charge in [0.25, 0.3) is 0 Å². The van der Waals surface area contributed by atoms with Crippen LogP contribution in [-0.4, -0.2) is 49.5 Å². The van der Waals surface area contributed by atoms with Crippen LogP contribution in [0.5, 0.6) is 0 Å². The van der Waals surface area contributed by atoms with Crippen LogP contribution in [0.4, 0.5) is 0 Å². The molecule has 0 bridgehead atoms. The highest BCUT2D eigenvalue weighted by molar-refractivity contribution is 9.10. The smallest absolute Gasteiger partial charge is 0.224 e. The number of rotatable bonds is 2. The molecule has 2 rings (SSSR count). The monoisotopic (exact) mass is 299 g/mol. The zero-order valence-electron chi connectivity index (χ0n) is 8.32. The highest BCUT2D eigenvalue weighted by Gasteiger charge is 2.43. The maximum Gasteiger partial charge on any atom is 0.224 e. The summed E-state index contributed by atoms with van der Waals surface area (Å²) in [7, 11) is -3.19. The molecule has 2 fully saturated rings. The van der Waals surface area contributed by atoms with Crippen molar-refractivity contribution >= 4 is 26.0 Å². The second kappa shape index (κ2) is 4.29. The number of sulfonamides is 1. The van der Waals surface area contributed by atoms with Crippen molar-refractivity contribution in [1.82, 2.24) is 4.31 Å². The largest absolute Gasteiger partial charge is 0.346 e. The highest BCUT2D eigenvalue weighted by atomic mass is 79.9. The van der Waals surface area contributed by atoms with Crippen molar-refractivity contribution in [2.24, 2.45) is 0 Å². The normalized spacial score (nSPS) is 27.3. The average molecular weight is 300 g/mol. The van der Waals surface area contributed by atoms with Crippen LogP contribution in [0.3, 0.4) is 0 Å². The predicted octanol–water partition coefficient (Wildman–Crippen LogP) is 0.508. The molecule has 0 aromatic rings. The first-order valence-electron chi connectivity index (χ1n) is 4.90. The summed E-state index contributed by atoms with van der Waals surface area (Å²) < 4.78 is 35.7. The van der Waals surface area contributed by atoms with Crippen molar-refractivity contribution in [2.75, 3.05) is 31.0 Å². The summed E-state index contributed by atoms with van der Waals surface area (Å²) in [6.45, 7) is 1.99. The lowest BCUT2D eigenvalue weighted by Crippen LogP contribution is -2.51. The van der Waals surface area contributed by atoms with Crippen LogP contribution in [0.2, 0.25) is 0 Å². The molecule has 0 amide bonds. The van der Waals surface area contributed by atoms with Gasteiger partial charge in [0.2, 0.25) is 10.0 Å². The van der Waals surface area contributed by atoms with Gasteiger partial charge >= 0.3 is 0 Å². The number of nitrogens with zero attached hydrogens (tertiary/aromatic N) is 1. The fraction of sp³-hybridized carbons (Fsp3) is 1.00. The minimum atomic E-state index is -3.19. The molecule has 0 unspecified atom stereocenters. The quantitative estimate of drug-likeness (QED) is 0.697. The molecule has 0 aromatic carbocycles. The van der Waals surface area contributed by atoms with Crippen LogP contribution in [0.1, 0.15) is 12.8 Å². The molecule has 2 heterocycles. The Morgan fingerprint density at radius 2 is 2.00 bits per heavy atom. The summed E-state index contributed by atoms with van der Waals surface area (Å²) in [6.07, 6.45) is 1.56. The molecule has 0 aromatic heterocycles. The molecule has 0 aliphatic carbocycles. The van der Waals surface area contributed by atoms with Gasteiger partial charge in [0, 0.05) is 13.0 Å². The van der Waals surface area contributed by atoms with Gasteiger partial charge in [-0.2, -0.15) is 4.31 Å². The molecule has 7 heteroatoms. The Morgan fingerprint density at radius 1 is 1.33 bits per heavy atom. The van der Waals surface area contributed by atoms with Gasteiger partial charge < -0.3 is 9.47 Å². The highest BCUT2D eigenvalue weighted by Crippen LogP contribution is 2.31. The number of halogens is 1. The van der Waals surface area contributed by atoms with Crippen molar-refractivity contribution in [1.29, 1.82) is 0 Å². The van der Waals surface area contributed by atoms with Crippen LogP contribution in [0.25, 0.3) is 0 Å². The number of ether oxygens (including phenoxy) is 2. The van der Waals surface area contributed by atoms with Crippen LogP contribution in [0, 0.1) is 0 Å². The number of hydrogen-bond donors (Lipinski definition) is 0. The summed E-state index contributed by atoms with van der Waals surface area (Å²) in [5.41, 5.74) is 0. The molecule has 2 saturated heterocycles. The molecule has 1 spiro atoms. The van der Waals surface area contributed by atoms with Gasteiger partial charge in [0.1, 0.15) is 4.66 Å². The first kappa shape index (κ1) is 11.8. The molecule has 2 aliphatic heterocycles. The standard InChI is InChI=1S/C8H14BrNO4S/c9-7-15(11,12)10-3-1-2-8(6-10)13-4-5-14-8/h1-7H2. The van der Waals surface area contributed by atoms with Crippen molar-refractivity contribution in [2.45, 2.75) is 18.6 Å². The van der Waals surface area contributed by atoms with Gasteiger partial charge in [-0.05, 0) is 6.42 Å². The topological polar surface area (TPSA) is 55.8 Å². The molecular weight excluding hydrogens is 286 g/mol. The van der Waals surface area contributed by atoms with E-state index in [0.717, 1.165) is 12.8 Å². The Hall–Kier alpha value is 0.310. The Bertz CT molecular complexity index is 326. The fourth-order valence-corrected chi connectivity index (χ4v) is 3.80. The molecule has 5 nitrogen and oxygen atoms in total. The van der Waals surface area contributed by atoms with E-state index >= 15 is 0 Å². The summed E-state index contributed by atoms with van der Waals surface area (Å²) in [5.74, 6) is -0.673. The molecule has 0 atom stereocenters. The first-order valence-corrected chi connectivity index (χ1v) is 7.63. The molecule has 15 heavy (non-hydrogen) atoms. The fourth-order valence-electron chi connectivity index (χ4n) is 1.99. The summed E-state index contributed by atoms with van der Waals surface area (Å²) in [4.78, 5) is 0. The molecule has 2 aliphatic rings. The Morgan fingerprint density at radius 3 is 2.60 bits per heavy atom. The van der Waals surface area contributed by atoms with E-state index in [1.165, 1.54) is 4.31 Å². The zero-order valence-corrected chi connectivity index (χ0v) is 10.7. The van der Waals surface area contributed by atoms with Crippen LogP contribution in [0.15, 0.2) is 0 Å². The average Bonchev–Trinajstić information content (AvgIpc) is 2.66. The molecule has 0 radical (unpaired) electrons. The summed E-state index contributed by atoms with van der Waals surface area (Å²) in [6, 6.07) is 0. The molecule has 0 N–H and O–H groups in total. The van der Waals surface area contributed by atoms with E-state index in [1.54, 1.807) is 0 Å². The second-order valence-corrected chi connectivity index (χ2v) is 7.04. The zero-order chi connectivity index (χ0) is 10.9. The number of piperidine rings is 1. The number of hydrogen-bond acceptors (Lipinski definition) is 4. The molecular formula is C8H14BrNO4S. The third-order valence-corrected chi connectivity index (χ3v) is 5.84. The second-order valence-electron chi connectivity index (χ2n) is 3.77. The lowest BCUT2D eigenvalue weighted by molar-refractivity contribution is -0.179. The van der Waals surface area contributed by atoms with Crippen LogP contribution in [-0.2, 0) is 19.5 Å². The third kappa shape index (κ3) is 2.36. The summed E-state index contributed by atoms with van der Waals surface area (Å²) in [5, 5.41) is 0. The number of alkyl halides is 1. The minimum Gasteiger partial charge on any atom is -0.346 e. The molecule has 0 saturated carbocycles. The van der Waals surface area contributed by atoms with Gasteiger partial charge in [-0.1, -0.05) is 15.9 Å². The lowest BCUT2D eigenvalue weighted by Gasteiger charge is -2.37. The van der Waals surface area contributed by atoms with E-state index in [9.17, 15) is 8.42 Å².